The molecule has 0 aromatic heterocycles. The van der Waals surface area contributed by atoms with Crippen LogP contribution >= 0.6 is 0 Å². The van der Waals surface area contributed by atoms with Crippen LogP contribution in [0.5, 0.6) is 0 Å². The van der Waals surface area contributed by atoms with Crippen molar-refractivity contribution in [1.82, 2.24) is 26.2 Å². The van der Waals surface area contributed by atoms with E-state index < -0.39 is 41.9 Å². The topological polar surface area (TPSA) is 180 Å². The van der Waals surface area contributed by atoms with Gasteiger partial charge in [0.05, 0.1) is 13.1 Å². The Morgan fingerprint density at radius 1 is 0.786 bits per heavy atom. The van der Waals surface area contributed by atoms with Gasteiger partial charge in [0.15, 0.2) is 0 Å². The second kappa shape index (κ2) is 16.7. The quantitative estimate of drug-likeness (QED) is 0.118. The van der Waals surface area contributed by atoms with Crippen molar-refractivity contribution in [3.05, 3.63) is 48.0 Å². The van der Waals surface area contributed by atoms with Crippen molar-refractivity contribution >= 4 is 41.4 Å². The number of carbonyl (C=O) groups excluding carboxylic acids is 7. The zero-order valence-corrected chi connectivity index (χ0v) is 24.2. The van der Waals surface area contributed by atoms with E-state index in [1.165, 1.54) is 12.2 Å². The maximum absolute atomic E-state index is 12.8. The van der Waals surface area contributed by atoms with Gasteiger partial charge < -0.3 is 26.0 Å². The van der Waals surface area contributed by atoms with Gasteiger partial charge in [-0.1, -0.05) is 36.8 Å². The summed E-state index contributed by atoms with van der Waals surface area (Å²) < 4.78 is 5.19. The molecule has 228 valence electrons. The van der Waals surface area contributed by atoms with Crippen molar-refractivity contribution in [2.24, 2.45) is 0 Å². The molecule has 1 heterocycles. The normalized spacial score (nSPS) is 13.4. The van der Waals surface area contributed by atoms with Crippen LogP contribution in [0.2, 0.25) is 0 Å². The number of amides is 6. The van der Waals surface area contributed by atoms with Crippen molar-refractivity contribution < 1.29 is 38.3 Å². The molecule has 6 amide bonds. The molecule has 0 fully saturated rings. The highest BCUT2D eigenvalue weighted by Gasteiger charge is 2.24. The van der Waals surface area contributed by atoms with Crippen molar-refractivity contribution in [1.29, 1.82) is 0 Å². The smallest absolute Gasteiger partial charge is 0.325 e. The lowest BCUT2D eigenvalue weighted by molar-refractivity contribution is -0.154. The zero-order chi connectivity index (χ0) is 31.1. The molecule has 0 aliphatic carbocycles. The highest BCUT2D eigenvalue weighted by atomic mass is 16.6. The van der Waals surface area contributed by atoms with Gasteiger partial charge in [0.2, 0.25) is 23.6 Å². The largest absolute Gasteiger partial charge is 0.459 e. The van der Waals surface area contributed by atoms with E-state index in [0.29, 0.717) is 19.3 Å². The number of hydrogen-bond donors (Lipinski definition) is 4. The summed E-state index contributed by atoms with van der Waals surface area (Å²) in [4.78, 5) is 85.6. The highest BCUT2D eigenvalue weighted by molar-refractivity contribution is 6.12. The number of hydrogen-bond acceptors (Lipinski definition) is 8. The van der Waals surface area contributed by atoms with Crippen molar-refractivity contribution in [2.45, 2.75) is 64.5 Å². The van der Waals surface area contributed by atoms with Gasteiger partial charge >= 0.3 is 5.97 Å². The maximum Gasteiger partial charge on any atom is 0.325 e. The SMILES string of the molecule is CC(C)(C)OC(=O)CNC(=O)[C@H](Cc1ccccc1)NC(=O)CNC(=O)CNC(=O)CCCCCN1C(=O)C=CC1=O. The van der Waals surface area contributed by atoms with Crippen LogP contribution in [0.15, 0.2) is 42.5 Å². The van der Waals surface area contributed by atoms with Crippen molar-refractivity contribution in [2.75, 3.05) is 26.2 Å². The average Bonchev–Trinajstić information content (AvgIpc) is 3.25. The number of carbonyl (C=O) groups is 7. The molecule has 13 heteroatoms. The standard InChI is InChI=1S/C29H39N5O8/c1-29(2,3)42-27(40)19-32-28(41)21(16-20-10-6-4-7-11-20)33-24(37)18-31-23(36)17-30-22(35)12-8-5-9-15-34-25(38)13-14-26(34)39/h4,6-7,10-11,13-14,21H,5,8-9,12,15-19H2,1-3H3,(H,30,35)(H,31,36)(H,32,41)(H,33,37)/t21-/m0/s1. The molecule has 2 rings (SSSR count). The number of benzene rings is 1. The molecule has 1 aliphatic rings. The minimum atomic E-state index is -1.02. The zero-order valence-electron chi connectivity index (χ0n) is 24.2. The van der Waals surface area contributed by atoms with Crippen LogP contribution in [0.1, 0.15) is 52.0 Å². The van der Waals surface area contributed by atoms with E-state index in [2.05, 4.69) is 21.3 Å². The third-order valence-corrected chi connectivity index (χ3v) is 5.84. The summed E-state index contributed by atoms with van der Waals surface area (Å²) in [5, 5.41) is 9.90. The first-order chi connectivity index (χ1) is 19.8. The van der Waals surface area contributed by atoms with Gasteiger partial charge in [-0.15, -0.1) is 0 Å². The molecule has 0 saturated heterocycles. The first-order valence-corrected chi connectivity index (χ1v) is 13.7. The molecule has 0 bridgehead atoms. The Bertz CT molecular complexity index is 1160. The monoisotopic (exact) mass is 585 g/mol. The van der Waals surface area contributed by atoms with Crippen LogP contribution < -0.4 is 21.3 Å². The highest BCUT2D eigenvalue weighted by Crippen LogP contribution is 2.08. The summed E-state index contributed by atoms with van der Waals surface area (Å²) in [6.07, 6.45) is 4.45. The van der Waals surface area contributed by atoms with E-state index in [1.54, 1.807) is 45.0 Å². The Balaban J connectivity index is 1.71. The van der Waals surface area contributed by atoms with Gasteiger partial charge in [-0.05, 0) is 39.2 Å². The lowest BCUT2D eigenvalue weighted by atomic mass is 10.1. The Kier molecular flexibility index (Phi) is 13.3. The van der Waals surface area contributed by atoms with Crippen molar-refractivity contribution in [3.8, 4) is 0 Å². The van der Waals surface area contributed by atoms with E-state index in [-0.39, 0.29) is 50.2 Å². The van der Waals surface area contributed by atoms with Crippen LogP contribution in [0.4, 0.5) is 0 Å². The second-order valence-electron chi connectivity index (χ2n) is 10.6. The van der Waals surface area contributed by atoms with Gasteiger partial charge in [0.1, 0.15) is 18.2 Å². The Hall–Kier alpha value is -4.55. The molecule has 0 radical (unpaired) electrons. The summed E-state index contributed by atoms with van der Waals surface area (Å²) in [6.45, 7) is 4.26. The predicted octanol–water partition coefficient (Wildman–Crippen LogP) is -0.110. The predicted molar refractivity (Wildman–Crippen MR) is 151 cm³/mol. The van der Waals surface area contributed by atoms with E-state index in [1.807, 2.05) is 6.07 Å². The molecule has 1 atom stereocenters. The van der Waals surface area contributed by atoms with Gasteiger partial charge in [-0.3, -0.25) is 38.5 Å². The van der Waals surface area contributed by atoms with Crippen molar-refractivity contribution in [3.63, 3.8) is 0 Å². The Morgan fingerprint density at radius 2 is 1.40 bits per heavy atom. The molecule has 0 saturated carbocycles. The fourth-order valence-corrected chi connectivity index (χ4v) is 3.86. The lowest BCUT2D eigenvalue weighted by Crippen LogP contribution is -2.52. The third kappa shape index (κ3) is 13.2. The maximum atomic E-state index is 12.8. The van der Waals surface area contributed by atoms with Crippen LogP contribution in [-0.2, 0) is 44.7 Å². The van der Waals surface area contributed by atoms with Gasteiger partial charge in [0, 0.05) is 31.5 Å². The third-order valence-electron chi connectivity index (χ3n) is 5.84. The fourth-order valence-electron chi connectivity index (χ4n) is 3.86. The minimum Gasteiger partial charge on any atom is -0.459 e. The number of unbranched alkanes of at least 4 members (excludes halogenated alkanes) is 2. The number of ether oxygens (including phenoxy) is 1. The van der Waals surface area contributed by atoms with Crippen LogP contribution in [-0.4, -0.2) is 84.1 Å². The summed E-state index contributed by atoms with van der Waals surface area (Å²) in [5.74, 6) is -3.47. The number of imide groups is 1. The number of esters is 1. The fraction of sp³-hybridized carbons (Fsp3) is 0.483. The summed E-state index contributed by atoms with van der Waals surface area (Å²) in [5.41, 5.74) is 0.0604. The molecular formula is C29H39N5O8. The molecule has 4 N–H and O–H groups in total. The molecule has 1 aromatic carbocycles. The summed E-state index contributed by atoms with van der Waals surface area (Å²) in [6, 6.07) is 7.95. The molecule has 1 aromatic rings. The van der Waals surface area contributed by atoms with E-state index in [9.17, 15) is 33.6 Å². The molecular weight excluding hydrogens is 546 g/mol. The minimum absolute atomic E-state index is 0.151. The number of nitrogens with one attached hydrogen (secondary N) is 4. The molecule has 42 heavy (non-hydrogen) atoms. The Labute approximate surface area is 244 Å². The van der Waals surface area contributed by atoms with Gasteiger partial charge in [-0.2, -0.15) is 0 Å². The van der Waals surface area contributed by atoms with Gasteiger partial charge in [-0.25, -0.2) is 0 Å². The van der Waals surface area contributed by atoms with E-state index in [0.717, 1.165) is 10.5 Å². The first-order valence-electron chi connectivity index (χ1n) is 13.7. The molecule has 1 aliphatic heterocycles. The molecule has 0 spiro atoms. The second-order valence-corrected chi connectivity index (χ2v) is 10.6. The number of rotatable bonds is 16. The molecule has 13 nitrogen and oxygen atoms in total. The van der Waals surface area contributed by atoms with Crippen LogP contribution in [0.25, 0.3) is 0 Å². The van der Waals surface area contributed by atoms with E-state index >= 15 is 0 Å². The van der Waals surface area contributed by atoms with Gasteiger partial charge in [0.25, 0.3) is 11.8 Å². The average molecular weight is 586 g/mol. The van der Waals surface area contributed by atoms with Crippen LogP contribution in [0, 0.1) is 0 Å². The Morgan fingerprint density at radius 3 is 2.05 bits per heavy atom. The number of nitrogens with zero attached hydrogens (tertiary/aromatic N) is 1. The summed E-state index contributed by atoms with van der Waals surface area (Å²) in [7, 11) is 0. The summed E-state index contributed by atoms with van der Waals surface area (Å²) >= 11 is 0. The molecule has 0 unspecified atom stereocenters. The van der Waals surface area contributed by atoms with Crippen LogP contribution in [0.3, 0.4) is 0 Å². The first kappa shape index (κ1) is 33.7. The van der Waals surface area contributed by atoms with E-state index in [4.69, 9.17) is 4.74 Å². The lowest BCUT2D eigenvalue weighted by Gasteiger charge is -2.21.